The van der Waals surface area contributed by atoms with Crippen molar-refractivity contribution in [1.82, 2.24) is 10.4 Å². The van der Waals surface area contributed by atoms with E-state index in [2.05, 4.69) is 4.90 Å². The van der Waals surface area contributed by atoms with Crippen LogP contribution in [0.15, 0.2) is 18.2 Å². The minimum absolute atomic E-state index is 0.228. The van der Waals surface area contributed by atoms with E-state index in [1.165, 1.54) is 5.56 Å². The number of hydroxylamine groups is 1. The molecule has 2 aliphatic carbocycles. The number of nitrogens with zero attached hydrogens (tertiary/aromatic N) is 1. The van der Waals surface area contributed by atoms with Crippen molar-refractivity contribution in [2.75, 3.05) is 6.54 Å². The number of aryl methyl sites for hydroxylation is 1. The molecule has 0 radical (unpaired) electrons. The van der Waals surface area contributed by atoms with Crippen molar-refractivity contribution in [1.29, 1.82) is 0 Å². The number of fused-ring (bicyclic) bond motifs is 1. The molecule has 1 aromatic carbocycles. The van der Waals surface area contributed by atoms with E-state index in [9.17, 15) is 9.59 Å². The molecule has 1 saturated heterocycles. The first-order valence-electron chi connectivity index (χ1n) is 8.50. The lowest BCUT2D eigenvalue weighted by Gasteiger charge is -2.44. The summed E-state index contributed by atoms with van der Waals surface area (Å²) in [6, 6.07) is 6.02. The van der Waals surface area contributed by atoms with Crippen LogP contribution < -0.4 is 5.48 Å². The molecule has 1 aromatic rings. The average Bonchev–Trinajstić information content (AvgIpc) is 3.41. The third kappa shape index (κ3) is 2.43. The maximum Gasteiger partial charge on any atom is 0.274 e. The van der Waals surface area contributed by atoms with E-state index in [1.807, 2.05) is 12.1 Å². The highest BCUT2D eigenvalue weighted by molar-refractivity contribution is 5.93. The van der Waals surface area contributed by atoms with Gasteiger partial charge in [-0.3, -0.25) is 14.8 Å². The molecule has 2 amide bonds. The highest BCUT2D eigenvalue weighted by Gasteiger charge is 2.48. The van der Waals surface area contributed by atoms with Gasteiger partial charge in [-0.25, -0.2) is 5.48 Å². The van der Waals surface area contributed by atoms with Crippen LogP contribution in [-0.2, 0) is 17.6 Å². The summed E-state index contributed by atoms with van der Waals surface area (Å²) in [4.78, 5) is 26.7. The molecule has 0 aromatic heterocycles. The number of nitrogens with one attached hydrogen (secondary N) is 1. The Hall–Kier alpha value is -1.88. The molecule has 1 aliphatic heterocycles. The van der Waals surface area contributed by atoms with Gasteiger partial charge in [0.15, 0.2) is 0 Å². The second-order valence-electron chi connectivity index (χ2n) is 7.21. The minimum Gasteiger partial charge on any atom is -0.339 e. The number of carbonyl (C=O) groups is 2. The Morgan fingerprint density at radius 1 is 1.26 bits per heavy atom. The number of hydrogen-bond acceptors (Lipinski definition) is 3. The zero-order valence-corrected chi connectivity index (χ0v) is 13.2. The van der Waals surface area contributed by atoms with Crippen LogP contribution in [0.2, 0.25) is 0 Å². The number of hydrogen-bond donors (Lipinski definition) is 2. The molecule has 1 spiro atoms. The fraction of sp³-hybridized carbons (Fsp3) is 0.556. The van der Waals surface area contributed by atoms with Gasteiger partial charge in [0.25, 0.3) is 5.91 Å². The highest BCUT2D eigenvalue weighted by atomic mass is 16.5. The molecule has 3 aliphatic rings. The van der Waals surface area contributed by atoms with Gasteiger partial charge < -0.3 is 4.90 Å². The molecular formula is C18H22N2O3. The molecule has 4 rings (SSSR count). The molecule has 0 bridgehead atoms. The topological polar surface area (TPSA) is 69.6 Å². The third-order valence-corrected chi connectivity index (χ3v) is 5.73. The first kappa shape index (κ1) is 14.7. The SMILES string of the molecule is O=C(NO)c1ccc2c(c1)CC[C@@]1(CCCN(C3CC3)C1=O)C2. The molecule has 1 saturated carbocycles. The molecule has 23 heavy (non-hydrogen) atoms. The molecule has 1 heterocycles. The van der Waals surface area contributed by atoms with E-state index >= 15 is 0 Å². The zero-order chi connectivity index (χ0) is 16.0. The maximum absolute atomic E-state index is 13.0. The molecule has 5 nitrogen and oxygen atoms in total. The van der Waals surface area contributed by atoms with Crippen molar-refractivity contribution in [2.45, 2.75) is 51.0 Å². The molecule has 5 heteroatoms. The highest BCUT2D eigenvalue weighted by Crippen LogP contribution is 2.45. The van der Waals surface area contributed by atoms with E-state index < -0.39 is 5.91 Å². The quantitative estimate of drug-likeness (QED) is 0.648. The van der Waals surface area contributed by atoms with Crippen molar-refractivity contribution in [3.05, 3.63) is 34.9 Å². The van der Waals surface area contributed by atoms with E-state index in [0.717, 1.165) is 57.1 Å². The van der Waals surface area contributed by atoms with Crippen LogP contribution in [0, 0.1) is 5.41 Å². The summed E-state index contributed by atoms with van der Waals surface area (Å²) in [5, 5.41) is 8.76. The number of rotatable bonds is 2. The molecule has 2 fully saturated rings. The zero-order valence-electron chi connectivity index (χ0n) is 13.2. The van der Waals surface area contributed by atoms with E-state index in [-0.39, 0.29) is 5.41 Å². The van der Waals surface area contributed by atoms with Gasteiger partial charge >= 0.3 is 0 Å². The summed E-state index contributed by atoms with van der Waals surface area (Å²) in [5.74, 6) is -0.129. The molecule has 0 unspecified atom stereocenters. The van der Waals surface area contributed by atoms with Gasteiger partial charge in [-0.2, -0.15) is 0 Å². The third-order valence-electron chi connectivity index (χ3n) is 5.73. The molecular weight excluding hydrogens is 292 g/mol. The summed E-state index contributed by atoms with van der Waals surface area (Å²) in [7, 11) is 0. The Balaban J connectivity index is 1.60. The monoisotopic (exact) mass is 314 g/mol. The number of benzene rings is 1. The van der Waals surface area contributed by atoms with Gasteiger partial charge in [0.2, 0.25) is 5.91 Å². The number of amides is 2. The van der Waals surface area contributed by atoms with Gasteiger partial charge in [0.1, 0.15) is 0 Å². The fourth-order valence-corrected chi connectivity index (χ4v) is 4.30. The Morgan fingerprint density at radius 2 is 2.09 bits per heavy atom. The number of carbonyl (C=O) groups excluding carboxylic acids is 2. The van der Waals surface area contributed by atoms with Gasteiger partial charge in [-0.1, -0.05) is 6.07 Å². The lowest BCUT2D eigenvalue weighted by molar-refractivity contribution is -0.148. The average molecular weight is 314 g/mol. The normalized spacial score (nSPS) is 27.0. The van der Waals surface area contributed by atoms with Crippen molar-refractivity contribution in [3.8, 4) is 0 Å². The van der Waals surface area contributed by atoms with Gasteiger partial charge in [-0.15, -0.1) is 0 Å². The Kier molecular flexibility index (Phi) is 3.41. The molecule has 1 atom stereocenters. The first-order chi connectivity index (χ1) is 11.1. The van der Waals surface area contributed by atoms with Crippen LogP contribution in [0.25, 0.3) is 0 Å². The van der Waals surface area contributed by atoms with Gasteiger partial charge in [0.05, 0.1) is 5.41 Å². The standard InChI is InChI=1S/C18H22N2O3/c21-16(19-23)13-2-3-14-11-18(8-6-12(14)10-13)7-1-9-20(17(18)22)15-4-5-15/h2-3,10,15,23H,1,4-9,11H2,(H,19,21)/t18-/m0/s1. The van der Waals surface area contributed by atoms with E-state index in [1.54, 1.807) is 11.5 Å². The summed E-state index contributed by atoms with van der Waals surface area (Å²) in [6.45, 7) is 0.924. The Morgan fingerprint density at radius 3 is 2.83 bits per heavy atom. The van der Waals surface area contributed by atoms with Gasteiger partial charge in [0, 0.05) is 18.2 Å². The lowest BCUT2D eigenvalue weighted by Crippen LogP contribution is -2.52. The second kappa shape index (κ2) is 5.34. The number of likely N-dealkylation sites (tertiary alicyclic amines) is 1. The van der Waals surface area contributed by atoms with Crippen LogP contribution in [0.3, 0.4) is 0 Å². The van der Waals surface area contributed by atoms with Crippen molar-refractivity contribution in [2.24, 2.45) is 5.41 Å². The minimum atomic E-state index is -0.485. The van der Waals surface area contributed by atoms with Crippen LogP contribution in [0.4, 0.5) is 0 Å². The van der Waals surface area contributed by atoms with Crippen molar-refractivity contribution >= 4 is 11.8 Å². The predicted octanol–water partition coefficient (Wildman–Crippen LogP) is 2.07. The smallest absolute Gasteiger partial charge is 0.274 e. The summed E-state index contributed by atoms with van der Waals surface area (Å²) in [5.41, 5.74) is 4.23. The maximum atomic E-state index is 13.0. The van der Waals surface area contributed by atoms with Crippen LogP contribution in [0.5, 0.6) is 0 Å². The molecule has 2 N–H and O–H groups in total. The van der Waals surface area contributed by atoms with E-state index in [0.29, 0.717) is 17.5 Å². The second-order valence-corrected chi connectivity index (χ2v) is 7.21. The first-order valence-corrected chi connectivity index (χ1v) is 8.50. The summed E-state index contributed by atoms with van der Waals surface area (Å²) in [6.07, 6.45) is 6.88. The van der Waals surface area contributed by atoms with Crippen molar-refractivity contribution in [3.63, 3.8) is 0 Å². The summed E-state index contributed by atoms with van der Waals surface area (Å²) < 4.78 is 0. The Bertz CT molecular complexity index is 668. The number of piperidine rings is 1. The van der Waals surface area contributed by atoms with Crippen LogP contribution in [0.1, 0.15) is 53.6 Å². The Labute approximate surface area is 135 Å². The largest absolute Gasteiger partial charge is 0.339 e. The lowest BCUT2D eigenvalue weighted by atomic mass is 9.66. The summed E-state index contributed by atoms with van der Waals surface area (Å²) >= 11 is 0. The predicted molar refractivity (Wildman–Crippen MR) is 84.1 cm³/mol. The van der Waals surface area contributed by atoms with Crippen LogP contribution >= 0.6 is 0 Å². The van der Waals surface area contributed by atoms with Gasteiger partial charge in [-0.05, 0) is 68.2 Å². The van der Waals surface area contributed by atoms with Crippen molar-refractivity contribution < 1.29 is 14.8 Å². The van der Waals surface area contributed by atoms with E-state index in [4.69, 9.17) is 5.21 Å². The fourth-order valence-electron chi connectivity index (χ4n) is 4.30. The molecule has 122 valence electrons. The van der Waals surface area contributed by atoms with Crippen LogP contribution in [-0.4, -0.2) is 34.5 Å².